The van der Waals surface area contributed by atoms with Gasteiger partial charge in [0.2, 0.25) is 15.9 Å². The molecule has 3 aliphatic heterocycles. The number of amides is 1. The number of carbonyl (C=O) groups excluding carboxylic acids is 1. The first-order chi connectivity index (χ1) is 14.4. The van der Waals surface area contributed by atoms with Crippen molar-refractivity contribution in [2.75, 3.05) is 53.0 Å². The van der Waals surface area contributed by atoms with Crippen molar-refractivity contribution in [2.24, 2.45) is 11.8 Å². The lowest BCUT2D eigenvalue weighted by Gasteiger charge is -2.47. The topological polar surface area (TPSA) is 70.2 Å². The van der Waals surface area contributed by atoms with Crippen molar-refractivity contribution in [1.29, 1.82) is 0 Å². The quantitative estimate of drug-likeness (QED) is 0.648. The molecule has 0 bridgehead atoms. The summed E-state index contributed by atoms with van der Waals surface area (Å²) in [6.45, 7) is 6.91. The van der Waals surface area contributed by atoms with E-state index in [0.29, 0.717) is 26.2 Å². The number of likely N-dealkylation sites (tertiary alicyclic amines) is 2. The molecule has 3 fully saturated rings. The second-order valence-corrected chi connectivity index (χ2v) is 10.8. The van der Waals surface area contributed by atoms with Crippen LogP contribution in [-0.2, 0) is 25.3 Å². The number of carbonyl (C=O) groups is 1. The maximum absolute atomic E-state index is 13.2. The number of ether oxygens (including phenoxy) is 1. The zero-order chi connectivity index (χ0) is 21.4. The van der Waals surface area contributed by atoms with Crippen molar-refractivity contribution < 1.29 is 17.9 Å². The highest BCUT2D eigenvalue weighted by molar-refractivity contribution is 7.88. The number of benzene rings is 1. The number of hydrogen-bond donors (Lipinski definition) is 0. The highest BCUT2D eigenvalue weighted by Crippen LogP contribution is 2.49. The minimum absolute atomic E-state index is 0.0358. The first kappa shape index (κ1) is 21.7. The SMILES string of the molecule is CCN1C(=O)[C@@H]2CN(CCOC)C[C@@H]2C12CCN(S(=O)(=O)Cc1ccccc1)CC2. The number of sulfonamides is 1. The maximum Gasteiger partial charge on any atom is 0.227 e. The van der Waals surface area contributed by atoms with Crippen molar-refractivity contribution in [3.8, 4) is 0 Å². The number of hydrogen-bond acceptors (Lipinski definition) is 5. The van der Waals surface area contributed by atoms with Crippen LogP contribution in [0, 0.1) is 11.8 Å². The van der Waals surface area contributed by atoms with Gasteiger partial charge in [0.25, 0.3) is 0 Å². The molecule has 7 nitrogen and oxygen atoms in total. The van der Waals surface area contributed by atoms with Gasteiger partial charge in [-0.1, -0.05) is 30.3 Å². The van der Waals surface area contributed by atoms with E-state index in [-0.39, 0.29) is 29.0 Å². The van der Waals surface area contributed by atoms with Gasteiger partial charge in [0.15, 0.2) is 0 Å². The molecule has 0 aromatic heterocycles. The second-order valence-electron chi connectivity index (χ2n) is 8.79. The summed E-state index contributed by atoms with van der Waals surface area (Å²) in [5.74, 6) is 0.603. The third-order valence-corrected chi connectivity index (χ3v) is 9.16. The van der Waals surface area contributed by atoms with Gasteiger partial charge in [-0.25, -0.2) is 12.7 Å². The van der Waals surface area contributed by atoms with Gasteiger partial charge in [-0.15, -0.1) is 0 Å². The van der Waals surface area contributed by atoms with Crippen LogP contribution in [0.1, 0.15) is 25.3 Å². The first-order valence-electron chi connectivity index (χ1n) is 11.0. The zero-order valence-electron chi connectivity index (χ0n) is 18.0. The molecule has 1 amide bonds. The van der Waals surface area contributed by atoms with Crippen LogP contribution in [0.15, 0.2) is 30.3 Å². The van der Waals surface area contributed by atoms with Gasteiger partial charge in [-0.05, 0) is 25.3 Å². The Balaban J connectivity index is 1.48. The van der Waals surface area contributed by atoms with Gasteiger partial charge in [0.05, 0.1) is 23.8 Å². The van der Waals surface area contributed by atoms with E-state index in [2.05, 4.69) is 9.80 Å². The van der Waals surface area contributed by atoms with Crippen LogP contribution in [-0.4, -0.2) is 87.0 Å². The van der Waals surface area contributed by atoms with Crippen LogP contribution in [0.5, 0.6) is 0 Å². The minimum Gasteiger partial charge on any atom is -0.383 e. The number of methoxy groups -OCH3 is 1. The first-order valence-corrected chi connectivity index (χ1v) is 12.6. The average molecular weight is 436 g/mol. The Labute approximate surface area is 180 Å². The molecule has 2 atom stereocenters. The fourth-order valence-electron chi connectivity index (χ4n) is 5.84. The molecule has 3 heterocycles. The van der Waals surface area contributed by atoms with E-state index in [1.807, 2.05) is 37.3 Å². The molecular weight excluding hydrogens is 402 g/mol. The maximum atomic E-state index is 13.2. The second kappa shape index (κ2) is 8.57. The van der Waals surface area contributed by atoms with Gasteiger partial charge in [-0.3, -0.25) is 9.69 Å². The summed E-state index contributed by atoms with van der Waals surface area (Å²) in [4.78, 5) is 17.6. The molecule has 0 N–H and O–H groups in total. The van der Waals surface area contributed by atoms with Crippen LogP contribution in [0.4, 0.5) is 0 Å². The summed E-state index contributed by atoms with van der Waals surface area (Å²) in [6, 6.07) is 9.35. The van der Waals surface area contributed by atoms with Crippen molar-refractivity contribution in [2.45, 2.75) is 31.1 Å². The minimum atomic E-state index is -3.36. The lowest BCUT2D eigenvalue weighted by Crippen LogP contribution is -2.57. The largest absolute Gasteiger partial charge is 0.383 e. The summed E-state index contributed by atoms with van der Waals surface area (Å²) in [5.41, 5.74) is 0.602. The summed E-state index contributed by atoms with van der Waals surface area (Å²) < 4.78 is 32.8. The average Bonchev–Trinajstić information content (AvgIpc) is 3.25. The molecule has 3 saturated heterocycles. The van der Waals surface area contributed by atoms with E-state index in [0.717, 1.165) is 38.0 Å². The molecule has 0 saturated carbocycles. The Bertz CT molecular complexity index is 852. The highest BCUT2D eigenvalue weighted by Gasteiger charge is 2.61. The van der Waals surface area contributed by atoms with E-state index in [1.165, 1.54) is 0 Å². The number of rotatable bonds is 7. The summed E-state index contributed by atoms with van der Waals surface area (Å²) >= 11 is 0. The molecule has 0 unspecified atom stereocenters. The lowest BCUT2D eigenvalue weighted by atomic mass is 9.75. The molecular formula is C22H33N3O4S. The fraction of sp³-hybridized carbons (Fsp3) is 0.682. The van der Waals surface area contributed by atoms with Gasteiger partial charge in [0, 0.05) is 52.3 Å². The van der Waals surface area contributed by atoms with Crippen molar-refractivity contribution in [1.82, 2.24) is 14.1 Å². The van der Waals surface area contributed by atoms with E-state index in [4.69, 9.17) is 4.74 Å². The third-order valence-electron chi connectivity index (χ3n) is 7.31. The normalized spacial score (nSPS) is 27.1. The van der Waals surface area contributed by atoms with Crippen LogP contribution in [0.2, 0.25) is 0 Å². The molecule has 30 heavy (non-hydrogen) atoms. The lowest BCUT2D eigenvalue weighted by molar-refractivity contribution is -0.135. The molecule has 3 aliphatic rings. The molecule has 1 aromatic rings. The van der Waals surface area contributed by atoms with E-state index in [1.54, 1.807) is 11.4 Å². The van der Waals surface area contributed by atoms with E-state index >= 15 is 0 Å². The molecule has 4 rings (SSSR count). The standard InChI is InChI=1S/C22H33N3O4S/c1-3-25-21(26)19-15-23(13-14-29-2)16-20(19)22(25)9-11-24(12-10-22)30(27,28)17-18-7-5-4-6-8-18/h4-8,19-20H,3,9-17H2,1-2H3/t19-,20+/m1/s1. The van der Waals surface area contributed by atoms with Crippen molar-refractivity contribution >= 4 is 15.9 Å². The number of nitrogens with zero attached hydrogens (tertiary/aromatic N) is 3. The predicted octanol–water partition coefficient (Wildman–Crippen LogP) is 1.41. The fourth-order valence-corrected chi connectivity index (χ4v) is 7.38. The molecule has 0 aliphatic carbocycles. The van der Waals surface area contributed by atoms with E-state index < -0.39 is 10.0 Å². The Morgan fingerprint density at radius 1 is 1.13 bits per heavy atom. The van der Waals surface area contributed by atoms with E-state index in [9.17, 15) is 13.2 Å². The van der Waals surface area contributed by atoms with Crippen molar-refractivity contribution in [3.05, 3.63) is 35.9 Å². The Kier molecular flexibility index (Phi) is 6.21. The Morgan fingerprint density at radius 3 is 2.47 bits per heavy atom. The van der Waals surface area contributed by atoms with Gasteiger partial charge >= 0.3 is 0 Å². The van der Waals surface area contributed by atoms with Gasteiger partial charge < -0.3 is 9.64 Å². The molecule has 0 radical (unpaired) electrons. The van der Waals surface area contributed by atoms with Crippen LogP contribution in [0.3, 0.4) is 0 Å². The van der Waals surface area contributed by atoms with Crippen LogP contribution in [0.25, 0.3) is 0 Å². The molecule has 1 spiro atoms. The molecule has 166 valence electrons. The van der Waals surface area contributed by atoms with Gasteiger partial charge in [0.1, 0.15) is 0 Å². The Hall–Kier alpha value is -1.48. The third kappa shape index (κ3) is 3.79. The summed E-state index contributed by atoms with van der Waals surface area (Å²) in [5, 5.41) is 0. The summed E-state index contributed by atoms with van der Waals surface area (Å²) in [7, 11) is -1.66. The number of fused-ring (bicyclic) bond motifs is 2. The van der Waals surface area contributed by atoms with Crippen LogP contribution < -0.4 is 0 Å². The predicted molar refractivity (Wildman–Crippen MR) is 115 cm³/mol. The van der Waals surface area contributed by atoms with Crippen molar-refractivity contribution in [3.63, 3.8) is 0 Å². The zero-order valence-corrected chi connectivity index (χ0v) is 18.8. The summed E-state index contributed by atoms with van der Waals surface area (Å²) in [6.07, 6.45) is 1.44. The smallest absolute Gasteiger partial charge is 0.227 e. The monoisotopic (exact) mass is 435 g/mol. The highest BCUT2D eigenvalue weighted by atomic mass is 32.2. The molecule has 8 heteroatoms. The van der Waals surface area contributed by atoms with Crippen LogP contribution >= 0.6 is 0 Å². The van der Waals surface area contributed by atoms with Gasteiger partial charge in [-0.2, -0.15) is 0 Å². The number of piperidine rings is 1. The Morgan fingerprint density at radius 2 is 1.83 bits per heavy atom. The molecule has 1 aromatic carbocycles.